The Labute approximate surface area is 121 Å². The average Bonchev–Trinajstić information content (AvgIpc) is 2.72. The molecule has 0 aliphatic heterocycles. The zero-order chi connectivity index (χ0) is 14.0. The lowest BCUT2D eigenvalue weighted by Crippen LogP contribution is -2.35. The second-order valence-electron chi connectivity index (χ2n) is 6.52. The molecule has 19 heavy (non-hydrogen) atoms. The monoisotopic (exact) mass is 283 g/mol. The lowest BCUT2D eigenvalue weighted by Gasteiger charge is -2.41. The maximum absolute atomic E-state index is 6.41. The molecule has 2 atom stereocenters. The van der Waals surface area contributed by atoms with E-state index >= 15 is 0 Å². The molecule has 1 fully saturated rings. The molecular formula is C15H26ClN3. The number of aryl methyl sites for hydroxylation is 1. The van der Waals surface area contributed by atoms with Crippen molar-refractivity contribution in [3.05, 3.63) is 16.9 Å². The van der Waals surface area contributed by atoms with Gasteiger partial charge in [0, 0.05) is 12.5 Å². The number of aromatic nitrogens is 2. The van der Waals surface area contributed by atoms with E-state index in [1.807, 2.05) is 7.05 Å². The predicted molar refractivity (Wildman–Crippen MR) is 80.7 cm³/mol. The van der Waals surface area contributed by atoms with Gasteiger partial charge >= 0.3 is 0 Å². The Kier molecular flexibility index (Phi) is 4.57. The highest BCUT2D eigenvalue weighted by Gasteiger charge is 2.37. The number of rotatable bonds is 4. The van der Waals surface area contributed by atoms with Crippen molar-refractivity contribution in [3.63, 3.8) is 0 Å². The Morgan fingerprint density at radius 2 is 2.26 bits per heavy atom. The second-order valence-corrected chi connectivity index (χ2v) is 6.93. The van der Waals surface area contributed by atoms with Crippen LogP contribution in [0.5, 0.6) is 0 Å². The van der Waals surface area contributed by atoms with E-state index in [2.05, 4.69) is 35.9 Å². The molecule has 1 heterocycles. The van der Waals surface area contributed by atoms with Crippen LogP contribution < -0.4 is 5.32 Å². The summed E-state index contributed by atoms with van der Waals surface area (Å²) in [7, 11) is 2.04. The molecule has 0 aromatic carbocycles. The zero-order valence-electron chi connectivity index (χ0n) is 12.5. The van der Waals surface area contributed by atoms with E-state index in [-0.39, 0.29) is 0 Å². The fourth-order valence-electron chi connectivity index (χ4n) is 3.46. The van der Waals surface area contributed by atoms with E-state index in [0.717, 1.165) is 18.1 Å². The van der Waals surface area contributed by atoms with Crippen LogP contribution in [0.15, 0.2) is 6.20 Å². The third-order valence-electron chi connectivity index (χ3n) is 4.48. The Balaban J connectivity index is 2.33. The maximum Gasteiger partial charge on any atom is 0.0820 e. The van der Waals surface area contributed by atoms with Crippen LogP contribution >= 0.6 is 11.6 Å². The van der Waals surface area contributed by atoms with Gasteiger partial charge in [-0.05, 0) is 51.1 Å². The molecule has 2 rings (SSSR count). The van der Waals surface area contributed by atoms with Gasteiger partial charge in [-0.3, -0.25) is 4.68 Å². The molecule has 2 unspecified atom stereocenters. The molecule has 1 aliphatic carbocycles. The molecule has 0 saturated heterocycles. The van der Waals surface area contributed by atoms with Gasteiger partial charge in [0.25, 0.3) is 0 Å². The SMILES string of the molecule is CCn1ncc(Cl)c1C1CC(C)(C)CCC1CNC. The summed E-state index contributed by atoms with van der Waals surface area (Å²) >= 11 is 6.41. The Hall–Kier alpha value is -0.540. The van der Waals surface area contributed by atoms with E-state index < -0.39 is 0 Å². The zero-order valence-corrected chi connectivity index (χ0v) is 13.3. The third kappa shape index (κ3) is 3.14. The summed E-state index contributed by atoms with van der Waals surface area (Å²) in [6.07, 6.45) is 5.57. The topological polar surface area (TPSA) is 29.9 Å². The van der Waals surface area contributed by atoms with Crippen LogP contribution in [0.1, 0.15) is 51.6 Å². The lowest BCUT2D eigenvalue weighted by molar-refractivity contribution is 0.156. The largest absolute Gasteiger partial charge is 0.319 e. The molecule has 1 saturated carbocycles. The van der Waals surface area contributed by atoms with Crippen LogP contribution in [0.2, 0.25) is 5.02 Å². The third-order valence-corrected chi connectivity index (χ3v) is 4.77. The maximum atomic E-state index is 6.41. The molecule has 0 bridgehead atoms. The standard InChI is InChI=1S/C15H26ClN3/c1-5-19-14(13(16)10-18-19)12-8-15(2,3)7-6-11(12)9-17-4/h10-12,17H,5-9H2,1-4H3. The number of nitrogens with zero attached hydrogens (tertiary/aromatic N) is 2. The Morgan fingerprint density at radius 1 is 1.53 bits per heavy atom. The van der Waals surface area contributed by atoms with Crippen molar-refractivity contribution in [2.24, 2.45) is 11.3 Å². The number of hydrogen-bond acceptors (Lipinski definition) is 2. The molecule has 4 heteroatoms. The van der Waals surface area contributed by atoms with Crippen molar-refractivity contribution in [1.82, 2.24) is 15.1 Å². The minimum Gasteiger partial charge on any atom is -0.319 e. The highest BCUT2D eigenvalue weighted by Crippen LogP contribution is 2.47. The first-order valence-corrected chi connectivity index (χ1v) is 7.72. The van der Waals surface area contributed by atoms with Gasteiger partial charge in [-0.25, -0.2) is 0 Å². The fraction of sp³-hybridized carbons (Fsp3) is 0.800. The minimum atomic E-state index is 0.404. The van der Waals surface area contributed by atoms with Crippen molar-refractivity contribution in [2.75, 3.05) is 13.6 Å². The first-order valence-electron chi connectivity index (χ1n) is 7.34. The molecule has 1 aliphatic rings. The van der Waals surface area contributed by atoms with Crippen molar-refractivity contribution in [2.45, 2.75) is 52.5 Å². The van der Waals surface area contributed by atoms with Gasteiger partial charge in [0.15, 0.2) is 0 Å². The van der Waals surface area contributed by atoms with Crippen LogP contribution in [-0.2, 0) is 6.54 Å². The summed E-state index contributed by atoms with van der Waals surface area (Å²) in [4.78, 5) is 0. The second kappa shape index (κ2) is 5.84. The number of hydrogen-bond donors (Lipinski definition) is 1. The van der Waals surface area contributed by atoms with Crippen molar-refractivity contribution in [3.8, 4) is 0 Å². The van der Waals surface area contributed by atoms with E-state index in [1.165, 1.54) is 25.0 Å². The fourth-order valence-corrected chi connectivity index (χ4v) is 3.74. The van der Waals surface area contributed by atoms with E-state index in [9.17, 15) is 0 Å². The van der Waals surface area contributed by atoms with Crippen molar-refractivity contribution >= 4 is 11.6 Å². The van der Waals surface area contributed by atoms with E-state index in [1.54, 1.807) is 6.20 Å². The summed E-state index contributed by atoms with van der Waals surface area (Å²) < 4.78 is 2.08. The summed E-state index contributed by atoms with van der Waals surface area (Å²) in [6, 6.07) is 0. The predicted octanol–water partition coefficient (Wildman–Crippen LogP) is 3.69. The molecule has 3 nitrogen and oxygen atoms in total. The Morgan fingerprint density at radius 3 is 2.89 bits per heavy atom. The van der Waals surface area contributed by atoms with Gasteiger partial charge in [0.05, 0.1) is 16.9 Å². The average molecular weight is 284 g/mol. The quantitative estimate of drug-likeness (QED) is 0.913. The van der Waals surface area contributed by atoms with Gasteiger partial charge in [-0.2, -0.15) is 5.10 Å². The molecule has 0 radical (unpaired) electrons. The molecular weight excluding hydrogens is 258 g/mol. The molecule has 0 amide bonds. The lowest BCUT2D eigenvalue weighted by atomic mass is 9.66. The van der Waals surface area contributed by atoms with Gasteiger partial charge in [-0.15, -0.1) is 0 Å². The summed E-state index contributed by atoms with van der Waals surface area (Å²) in [6.45, 7) is 8.83. The van der Waals surface area contributed by atoms with E-state index in [0.29, 0.717) is 17.3 Å². The van der Waals surface area contributed by atoms with E-state index in [4.69, 9.17) is 11.6 Å². The van der Waals surface area contributed by atoms with Crippen LogP contribution in [0, 0.1) is 11.3 Å². The number of nitrogens with one attached hydrogen (secondary N) is 1. The van der Waals surface area contributed by atoms with Gasteiger partial charge < -0.3 is 5.32 Å². The van der Waals surface area contributed by atoms with Crippen LogP contribution in [-0.4, -0.2) is 23.4 Å². The summed E-state index contributed by atoms with van der Waals surface area (Å²) in [5, 5.41) is 8.60. The molecule has 0 spiro atoms. The highest BCUT2D eigenvalue weighted by atomic mass is 35.5. The van der Waals surface area contributed by atoms with Crippen LogP contribution in [0.25, 0.3) is 0 Å². The van der Waals surface area contributed by atoms with Crippen molar-refractivity contribution < 1.29 is 0 Å². The summed E-state index contributed by atoms with van der Waals surface area (Å²) in [5.41, 5.74) is 1.65. The summed E-state index contributed by atoms with van der Waals surface area (Å²) in [5.74, 6) is 1.18. The minimum absolute atomic E-state index is 0.404. The Bertz CT molecular complexity index is 425. The normalized spacial score (nSPS) is 26.6. The highest BCUT2D eigenvalue weighted by molar-refractivity contribution is 6.31. The first-order chi connectivity index (χ1) is 8.98. The van der Waals surface area contributed by atoms with Gasteiger partial charge in [0.2, 0.25) is 0 Å². The van der Waals surface area contributed by atoms with Gasteiger partial charge in [0.1, 0.15) is 0 Å². The number of halogens is 1. The van der Waals surface area contributed by atoms with Gasteiger partial charge in [-0.1, -0.05) is 25.4 Å². The first kappa shape index (κ1) is 14.9. The molecule has 1 aromatic heterocycles. The van der Waals surface area contributed by atoms with Crippen molar-refractivity contribution in [1.29, 1.82) is 0 Å². The van der Waals surface area contributed by atoms with Crippen LogP contribution in [0.4, 0.5) is 0 Å². The molecule has 108 valence electrons. The molecule has 1 N–H and O–H groups in total. The smallest absolute Gasteiger partial charge is 0.0820 e. The van der Waals surface area contributed by atoms with Crippen LogP contribution in [0.3, 0.4) is 0 Å². The molecule has 1 aromatic rings.